The molecule has 0 unspecified atom stereocenters. The molecule has 88 valence electrons. The molecule has 4 heteroatoms. The molecular formula is C12H17NO3. The molecule has 2 N–H and O–H groups in total. The molecule has 1 fully saturated rings. The third-order valence-corrected chi connectivity index (χ3v) is 2.97. The third-order valence-electron chi connectivity index (χ3n) is 2.97. The van der Waals surface area contributed by atoms with E-state index in [9.17, 15) is 5.11 Å². The SMILES string of the molecule is COc1ccc(N[C@H]2CC[C@@H]2O)cc1OC. The Balaban J connectivity index is 2.09. The van der Waals surface area contributed by atoms with Crippen LogP contribution in [0.1, 0.15) is 12.8 Å². The number of methoxy groups -OCH3 is 2. The lowest BCUT2D eigenvalue weighted by Gasteiger charge is -2.33. The van der Waals surface area contributed by atoms with E-state index in [2.05, 4.69) is 5.32 Å². The minimum Gasteiger partial charge on any atom is -0.493 e. The monoisotopic (exact) mass is 223 g/mol. The van der Waals surface area contributed by atoms with Gasteiger partial charge in [0.1, 0.15) is 0 Å². The molecule has 0 aliphatic heterocycles. The number of nitrogens with one attached hydrogen (secondary N) is 1. The molecule has 2 rings (SSSR count). The van der Waals surface area contributed by atoms with E-state index in [1.54, 1.807) is 14.2 Å². The van der Waals surface area contributed by atoms with E-state index in [0.717, 1.165) is 18.5 Å². The average Bonchev–Trinajstić information content (AvgIpc) is 2.33. The van der Waals surface area contributed by atoms with Gasteiger partial charge in [-0.25, -0.2) is 0 Å². The fourth-order valence-electron chi connectivity index (χ4n) is 1.79. The van der Waals surface area contributed by atoms with Crippen molar-refractivity contribution >= 4 is 5.69 Å². The fourth-order valence-corrected chi connectivity index (χ4v) is 1.79. The normalized spacial score (nSPS) is 23.4. The quantitative estimate of drug-likeness (QED) is 0.814. The third kappa shape index (κ3) is 2.07. The van der Waals surface area contributed by atoms with Crippen molar-refractivity contribution in [3.8, 4) is 11.5 Å². The summed E-state index contributed by atoms with van der Waals surface area (Å²) >= 11 is 0. The van der Waals surface area contributed by atoms with Gasteiger partial charge in [-0.15, -0.1) is 0 Å². The van der Waals surface area contributed by atoms with Crippen LogP contribution in [0, 0.1) is 0 Å². The van der Waals surface area contributed by atoms with E-state index in [0.29, 0.717) is 11.5 Å². The van der Waals surface area contributed by atoms with E-state index in [-0.39, 0.29) is 12.1 Å². The first-order valence-electron chi connectivity index (χ1n) is 5.41. The molecule has 0 radical (unpaired) electrons. The predicted octanol–water partition coefficient (Wildman–Crippen LogP) is 1.64. The minimum atomic E-state index is -0.229. The highest BCUT2D eigenvalue weighted by Gasteiger charge is 2.28. The van der Waals surface area contributed by atoms with Gasteiger partial charge in [0.2, 0.25) is 0 Å². The summed E-state index contributed by atoms with van der Waals surface area (Å²) in [6, 6.07) is 5.82. The molecule has 1 aliphatic carbocycles. The number of benzene rings is 1. The van der Waals surface area contributed by atoms with E-state index in [1.165, 1.54) is 0 Å². The van der Waals surface area contributed by atoms with Crippen LogP contribution in [-0.4, -0.2) is 31.5 Å². The van der Waals surface area contributed by atoms with Crippen molar-refractivity contribution in [2.75, 3.05) is 19.5 Å². The second kappa shape index (κ2) is 4.61. The van der Waals surface area contributed by atoms with Crippen molar-refractivity contribution in [2.45, 2.75) is 25.0 Å². The summed E-state index contributed by atoms with van der Waals surface area (Å²) in [6.07, 6.45) is 1.66. The van der Waals surface area contributed by atoms with Gasteiger partial charge < -0.3 is 19.9 Å². The van der Waals surface area contributed by atoms with Crippen molar-refractivity contribution in [3.63, 3.8) is 0 Å². The van der Waals surface area contributed by atoms with Crippen LogP contribution in [0.15, 0.2) is 18.2 Å². The van der Waals surface area contributed by atoms with Crippen molar-refractivity contribution < 1.29 is 14.6 Å². The van der Waals surface area contributed by atoms with E-state index >= 15 is 0 Å². The number of rotatable bonds is 4. The summed E-state index contributed by atoms with van der Waals surface area (Å²) in [5, 5.41) is 12.7. The summed E-state index contributed by atoms with van der Waals surface area (Å²) in [5.41, 5.74) is 0.946. The zero-order valence-corrected chi connectivity index (χ0v) is 9.56. The number of aliphatic hydroxyl groups is 1. The van der Waals surface area contributed by atoms with Crippen LogP contribution >= 0.6 is 0 Å². The molecule has 0 bridgehead atoms. The number of hydrogen-bond donors (Lipinski definition) is 2. The zero-order chi connectivity index (χ0) is 11.5. The van der Waals surface area contributed by atoms with Gasteiger partial charge in [0, 0.05) is 11.8 Å². The van der Waals surface area contributed by atoms with Gasteiger partial charge in [-0.1, -0.05) is 0 Å². The molecule has 4 nitrogen and oxygen atoms in total. The lowest BCUT2D eigenvalue weighted by molar-refractivity contribution is 0.0786. The van der Waals surface area contributed by atoms with Gasteiger partial charge in [0.05, 0.1) is 26.4 Å². The van der Waals surface area contributed by atoms with Crippen molar-refractivity contribution in [1.82, 2.24) is 0 Å². The Hall–Kier alpha value is -1.42. The number of hydrogen-bond acceptors (Lipinski definition) is 4. The molecule has 0 saturated heterocycles. The minimum absolute atomic E-state index is 0.165. The highest BCUT2D eigenvalue weighted by molar-refractivity contribution is 5.55. The Morgan fingerprint density at radius 3 is 2.44 bits per heavy atom. The molecule has 1 aromatic carbocycles. The molecular weight excluding hydrogens is 206 g/mol. The Kier molecular flexibility index (Phi) is 3.19. The summed E-state index contributed by atoms with van der Waals surface area (Å²) in [7, 11) is 3.22. The Bertz CT molecular complexity index is 367. The maximum atomic E-state index is 9.48. The van der Waals surface area contributed by atoms with Crippen molar-refractivity contribution in [1.29, 1.82) is 0 Å². The average molecular weight is 223 g/mol. The molecule has 0 spiro atoms. The van der Waals surface area contributed by atoms with Gasteiger partial charge in [-0.3, -0.25) is 0 Å². The topological polar surface area (TPSA) is 50.7 Å². The van der Waals surface area contributed by atoms with E-state index in [4.69, 9.17) is 9.47 Å². The van der Waals surface area contributed by atoms with Gasteiger partial charge in [-0.2, -0.15) is 0 Å². The standard InChI is InChI=1S/C12H17NO3/c1-15-11-6-3-8(7-12(11)16-2)13-9-4-5-10(9)14/h3,6-7,9-10,13-14H,4-5H2,1-2H3/t9-,10-/m0/s1. The molecule has 0 amide bonds. The molecule has 1 saturated carbocycles. The summed E-state index contributed by atoms with van der Waals surface area (Å²) < 4.78 is 10.4. The first kappa shape index (κ1) is 11.1. The lowest BCUT2D eigenvalue weighted by Crippen LogP contribution is -2.42. The van der Waals surface area contributed by atoms with E-state index in [1.807, 2.05) is 18.2 Å². The lowest BCUT2D eigenvalue weighted by atomic mass is 9.89. The van der Waals surface area contributed by atoms with Crippen LogP contribution in [-0.2, 0) is 0 Å². The van der Waals surface area contributed by atoms with Crippen LogP contribution < -0.4 is 14.8 Å². The maximum absolute atomic E-state index is 9.48. The van der Waals surface area contributed by atoms with Crippen molar-refractivity contribution in [2.24, 2.45) is 0 Å². The zero-order valence-electron chi connectivity index (χ0n) is 9.56. The smallest absolute Gasteiger partial charge is 0.162 e. The largest absolute Gasteiger partial charge is 0.493 e. The highest BCUT2D eigenvalue weighted by Crippen LogP contribution is 2.31. The second-order valence-corrected chi connectivity index (χ2v) is 3.97. The summed E-state index contributed by atoms with van der Waals surface area (Å²) in [5.74, 6) is 1.41. The van der Waals surface area contributed by atoms with Gasteiger partial charge in [0.25, 0.3) is 0 Å². The maximum Gasteiger partial charge on any atom is 0.162 e. The van der Waals surface area contributed by atoms with Crippen LogP contribution in [0.3, 0.4) is 0 Å². The summed E-state index contributed by atoms with van der Waals surface area (Å²) in [4.78, 5) is 0. The second-order valence-electron chi connectivity index (χ2n) is 3.97. The first-order valence-corrected chi connectivity index (χ1v) is 5.41. The van der Waals surface area contributed by atoms with E-state index < -0.39 is 0 Å². The Morgan fingerprint density at radius 1 is 1.19 bits per heavy atom. The number of aliphatic hydroxyl groups excluding tert-OH is 1. The van der Waals surface area contributed by atoms with Crippen LogP contribution in [0.5, 0.6) is 11.5 Å². The Labute approximate surface area is 95.2 Å². The van der Waals surface area contributed by atoms with Gasteiger partial charge in [0.15, 0.2) is 11.5 Å². The van der Waals surface area contributed by atoms with Gasteiger partial charge in [-0.05, 0) is 25.0 Å². The molecule has 2 atom stereocenters. The van der Waals surface area contributed by atoms with Crippen LogP contribution in [0.25, 0.3) is 0 Å². The molecule has 16 heavy (non-hydrogen) atoms. The van der Waals surface area contributed by atoms with Gasteiger partial charge >= 0.3 is 0 Å². The number of ether oxygens (including phenoxy) is 2. The van der Waals surface area contributed by atoms with Crippen molar-refractivity contribution in [3.05, 3.63) is 18.2 Å². The number of anilines is 1. The molecule has 1 aromatic rings. The molecule has 1 aliphatic rings. The molecule has 0 heterocycles. The molecule has 0 aromatic heterocycles. The van der Waals surface area contributed by atoms with Crippen LogP contribution in [0.2, 0.25) is 0 Å². The highest BCUT2D eigenvalue weighted by atomic mass is 16.5. The first-order chi connectivity index (χ1) is 7.74. The Morgan fingerprint density at radius 2 is 1.94 bits per heavy atom. The fraction of sp³-hybridized carbons (Fsp3) is 0.500. The predicted molar refractivity (Wildman–Crippen MR) is 62.2 cm³/mol. The van der Waals surface area contributed by atoms with Crippen LogP contribution in [0.4, 0.5) is 5.69 Å². The summed E-state index contributed by atoms with van der Waals surface area (Å²) in [6.45, 7) is 0.